The number of nitrogens with one attached hydrogen (secondary N) is 1. The summed E-state index contributed by atoms with van der Waals surface area (Å²) in [5, 5.41) is 3.24. The Hall–Kier alpha value is -0.0900. The predicted octanol–water partition coefficient (Wildman–Crippen LogP) is 0.973. The van der Waals surface area contributed by atoms with Crippen LogP contribution in [0.25, 0.3) is 0 Å². The first-order chi connectivity index (χ1) is 9.42. The van der Waals surface area contributed by atoms with Crippen LogP contribution < -0.4 is 5.32 Å². The molecule has 1 rings (SSSR count). The largest absolute Gasteiger partial charge is 0.381 e. The Bertz CT molecular complexity index is 409. The first-order valence-corrected chi connectivity index (χ1v) is 9.23. The molecule has 1 atom stereocenters. The molecule has 1 N–H and O–H groups in total. The van der Waals surface area contributed by atoms with Crippen molar-refractivity contribution in [3.8, 4) is 0 Å². The quantitative estimate of drug-likeness (QED) is 0.281. The summed E-state index contributed by atoms with van der Waals surface area (Å²) in [6.45, 7) is 5.94. The van der Waals surface area contributed by atoms with Crippen molar-refractivity contribution in [2.75, 3.05) is 51.9 Å². The van der Waals surface area contributed by atoms with E-state index in [4.69, 9.17) is 4.74 Å². The van der Waals surface area contributed by atoms with Gasteiger partial charge in [0.05, 0.1) is 12.4 Å². The van der Waals surface area contributed by atoms with E-state index in [9.17, 15) is 8.42 Å². The Morgan fingerprint density at radius 1 is 1.48 bits per heavy atom. The van der Waals surface area contributed by atoms with Crippen LogP contribution in [0.1, 0.15) is 19.8 Å². The minimum Gasteiger partial charge on any atom is -0.381 e. The van der Waals surface area contributed by atoms with Crippen LogP contribution in [0, 0.1) is 5.92 Å². The zero-order valence-electron chi connectivity index (χ0n) is 13.2. The van der Waals surface area contributed by atoms with Crippen LogP contribution in [0.15, 0.2) is 4.99 Å². The Kier molecular flexibility index (Phi) is 10.6. The number of rotatable bonds is 7. The maximum Gasteiger partial charge on any atom is 0.193 e. The van der Waals surface area contributed by atoms with Crippen molar-refractivity contribution in [2.45, 2.75) is 19.8 Å². The Morgan fingerprint density at radius 2 is 2.19 bits per heavy atom. The lowest BCUT2D eigenvalue weighted by Crippen LogP contribution is -2.41. The lowest BCUT2D eigenvalue weighted by Gasteiger charge is -2.24. The van der Waals surface area contributed by atoms with E-state index in [0.29, 0.717) is 18.9 Å². The van der Waals surface area contributed by atoms with Crippen LogP contribution in [-0.2, 0) is 14.6 Å². The smallest absolute Gasteiger partial charge is 0.193 e. The molecule has 0 aromatic carbocycles. The molecule has 0 amide bonds. The second-order valence-corrected chi connectivity index (χ2v) is 7.59. The molecule has 1 unspecified atom stereocenters. The number of hydrogen-bond acceptors (Lipinski definition) is 4. The number of halogens is 1. The van der Waals surface area contributed by atoms with Crippen molar-refractivity contribution < 1.29 is 13.2 Å². The van der Waals surface area contributed by atoms with Gasteiger partial charge in [-0.3, -0.25) is 4.99 Å². The van der Waals surface area contributed by atoms with Gasteiger partial charge in [-0.15, -0.1) is 24.0 Å². The number of hydrogen-bond donors (Lipinski definition) is 1. The van der Waals surface area contributed by atoms with Gasteiger partial charge in [0.25, 0.3) is 0 Å². The Balaban J connectivity index is 0.00000400. The molecule has 1 saturated heterocycles. The number of sulfone groups is 1. The molecule has 1 aliphatic rings. The fraction of sp³-hybridized carbons (Fsp3) is 0.923. The third kappa shape index (κ3) is 9.51. The number of nitrogens with zero attached hydrogens (tertiary/aromatic N) is 2. The van der Waals surface area contributed by atoms with Crippen LogP contribution in [0.4, 0.5) is 0 Å². The highest BCUT2D eigenvalue weighted by Crippen LogP contribution is 2.13. The van der Waals surface area contributed by atoms with Crippen LogP contribution >= 0.6 is 24.0 Å². The average molecular weight is 433 g/mol. The van der Waals surface area contributed by atoms with E-state index < -0.39 is 9.84 Å². The lowest BCUT2D eigenvalue weighted by molar-refractivity contribution is 0.181. The molecule has 0 spiro atoms. The first kappa shape index (κ1) is 20.9. The molecule has 8 heteroatoms. The summed E-state index contributed by atoms with van der Waals surface area (Å²) < 4.78 is 27.5. The molecule has 1 heterocycles. The summed E-state index contributed by atoms with van der Waals surface area (Å²) >= 11 is 0. The van der Waals surface area contributed by atoms with Crippen molar-refractivity contribution in [3.63, 3.8) is 0 Å². The van der Waals surface area contributed by atoms with Crippen molar-refractivity contribution >= 4 is 39.8 Å². The van der Waals surface area contributed by atoms with E-state index in [1.165, 1.54) is 6.26 Å². The maximum atomic E-state index is 11.1. The normalized spacial score (nSPS) is 19.2. The summed E-state index contributed by atoms with van der Waals surface area (Å²) in [4.78, 5) is 6.59. The second kappa shape index (κ2) is 10.6. The zero-order valence-corrected chi connectivity index (χ0v) is 16.3. The molecule has 0 bridgehead atoms. The van der Waals surface area contributed by atoms with Crippen LogP contribution in [-0.4, -0.2) is 71.2 Å². The molecule has 126 valence electrons. The molecule has 6 nitrogen and oxygen atoms in total. The van der Waals surface area contributed by atoms with Gasteiger partial charge in [0, 0.05) is 45.5 Å². The monoisotopic (exact) mass is 433 g/mol. The third-order valence-electron chi connectivity index (χ3n) is 3.19. The van der Waals surface area contributed by atoms with Gasteiger partial charge >= 0.3 is 0 Å². The number of ether oxygens (including phenoxy) is 1. The van der Waals surface area contributed by atoms with Gasteiger partial charge in [-0.25, -0.2) is 8.42 Å². The molecule has 21 heavy (non-hydrogen) atoms. The molecular formula is C13H28IN3O3S. The van der Waals surface area contributed by atoms with Crippen molar-refractivity contribution in [3.05, 3.63) is 0 Å². The van der Waals surface area contributed by atoms with Gasteiger partial charge in [0.1, 0.15) is 9.84 Å². The molecule has 0 radical (unpaired) electrons. The molecule has 1 aliphatic heterocycles. The fourth-order valence-corrected chi connectivity index (χ4v) is 2.84. The summed E-state index contributed by atoms with van der Waals surface area (Å²) in [5.74, 6) is 1.59. The minimum atomic E-state index is -2.89. The van der Waals surface area contributed by atoms with Crippen LogP contribution in [0.2, 0.25) is 0 Å². The standard InChI is InChI=1S/C13H27N3O3S.HI/c1-4-14-13(15-7-5-9-20(3,17)18)16(2)10-12-6-8-19-11-12;/h12H,4-11H2,1-3H3,(H,14,15);1H. The van der Waals surface area contributed by atoms with Gasteiger partial charge in [-0.2, -0.15) is 0 Å². The molecule has 0 aromatic heterocycles. The highest BCUT2D eigenvalue weighted by atomic mass is 127. The van der Waals surface area contributed by atoms with Crippen molar-refractivity contribution in [1.29, 1.82) is 0 Å². The highest BCUT2D eigenvalue weighted by Gasteiger charge is 2.18. The van der Waals surface area contributed by atoms with Gasteiger partial charge in [0.2, 0.25) is 0 Å². The number of aliphatic imine (C=N–C) groups is 1. The van der Waals surface area contributed by atoms with E-state index in [0.717, 1.165) is 38.7 Å². The maximum absolute atomic E-state index is 11.1. The second-order valence-electron chi connectivity index (χ2n) is 5.33. The van der Waals surface area contributed by atoms with E-state index >= 15 is 0 Å². The average Bonchev–Trinajstić information content (AvgIpc) is 2.84. The molecule has 1 fully saturated rings. The Labute approximate surface area is 145 Å². The van der Waals surface area contributed by atoms with Gasteiger partial charge in [-0.1, -0.05) is 0 Å². The predicted molar refractivity (Wildman–Crippen MR) is 97.3 cm³/mol. The van der Waals surface area contributed by atoms with Crippen molar-refractivity contribution in [1.82, 2.24) is 10.2 Å². The van der Waals surface area contributed by atoms with Crippen LogP contribution in [0.5, 0.6) is 0 Å². The van der Waals surface area contributed by atoms with Gasteiger partial charge < -0.3 is 15.0 Å². The van der Waals surface area contributed by atoms with E-state index in [2.05, 4.69) is 15.2 Å². The fourth-order valence-electron chi connectivity index (χ4n) is 2.18. The van der Waals surface area contributed by atoms with Crippen LogP contribution in [0.3, 0.4) is 0 Å². The summed E-state index contributed by atoms with van der Waals surface area (Å²) in [5.41, 5.74) is 0. The lowest BCUT2D eigenvalue weighted by atomic mass is 10.1. The Morgan fingerprint density at radius 3 is 2.71 bits per heavy atom. The SMILES string of the molecule is CCNC(=NCCCS(C)(=O)=O)N(C)CC1CCOC1.I. The summed E-state index contributed by atoms with van der Waals surface area (Å²) in [6, 6.07) is 0. The van der Waals surface area contributed by atoms with E-state index in [1.54, 1.807) is 0 Å². The highest BCUT2D eigenvalue weighted by molar-refractivity contribution is 14.0. The van der Waals surface area contributed by atoms with Gasteiger partial charge in [-0.05, 0) is 19.8 Å². The topological polar surface area (TPSA) is 71.0 Å². The first-order valence-electron chi connectivity index (χ1n) is 7.17. The third-order valence-corrected chi connectivity index (χ3v) is 4.22. The molecule has 0 aliphatic carbocycles. The van der Waals surface area contributed by atoms with Crippen molar-refractivity contribution in [2.24, 2.45) is 10.9 Å². The molecular weight excluding hydrogens is 405 g/mol. The zero-order chi connectivity index (χ0) is 15.0. The van der Waals surface area contributed by atoms with Gasteiger partial charge in [0.15, 0.2) is 5.96 Å². The number of guanidine groups is 1. The molecule has 0 aromatic rings. The summed E-state index contributed by atoms with van der Waals surface area (Å²) in [6.07, 6.45) is 2.92. The summed E-state index contributed by atoms with van der Waals surface area (Å²) in [7, 11) is -0.883. The molecule has 0 saturated carbocycles. The minimum absolute atomic E-state index is 0. The van der Waals surface area contributed by atoms with E-state index in [1.807, 2.05) is 14.0 Å². The van der Waals surface area contributed by atoms with E-state index in [-0.39, 0.29) is 29.7 Å².